The Kier molecular flexibility index (Phi) is 7.14. The van der Waals surface area contributed by atoms with Gasteiger partial charge in [-0.3, -0.25) is 0 Å². The monoisotopic (exact) mass is 253 g/mol. The van der Waals surface area contributed by atoms with Crippen molar-refractivity contribution in [2.75, 3.05) is 7.11 Å². The van der Waals surface area contributed by atoms with E-state index in [9.17, 15) is 4.79 Å². The fourth-order valence-corrected chi connectivity index (χ4v) is 1.97. The fraction of sp³-hybridized carbons (Fsp3) is 0.714. The number of hydrogen-bond donors (Lipinski definition) is 0. The zero-order valence-corrected chi connectivity index (χ0v) is 11.4. The summed E-state index contributed by atoms with van der Waals surface area (Å²) in [7, 11) is 1.37. The molecule has 0 aromatic carbocycles. The summed E-state index contributed by atoms with van der Waals surface area (Å²) in [4.78, 5) is 11.4. The van der Waals surface area contributed by atoms with Gasteiger partial charge in [0.1, 0.15) is 11.8 Å². The number of unbranched alkanes of at least 4 members (excludes halogenated alkanes) is 6. The van der Waals surface area contributed by atoms with Crippen LogP contribution in [0, 0.1) is 0 Å². The van der Waals surface area contributed by atoms with Gasteiger partial charge in [0.15, 0.2) is 0 Å². The molecule has 0 radical (unpaired) electrons. The molecular formula is C14H23NO3. The number of aromatic nitrogens is 1. The van der Waals surface area contributed by atoms with Gasteiger partial charge in [-0.2, -0.15) is 0 Å². The summed E-state index contributed by atoms with van der Waals surface area (Å²) in [5.74, 6) is -0.366. The van der Waals surface area contributed by atoms with Crippen molar-refractivity contribution in [1.82, 2.24) is 5.16 Å². The zero-order valence-electron chi connectivity index (χ0n) is 11.4. The number of carbonyl (C=O) groups is 1. The Balaban J connectivity index is 2.19. The molecule has 4 heteroatoms. The Morgan fingerprint density at radius 3 is 2.56 bits per heavy atom. The van der Waals surface area contributed by atoms with Crippen molar-refractivity contribution < 1.29 is 14.1 Å². The van der Waals surface area contributed by atoms with Crippen molar-refractivity contribution in [3.05, 3.63) is 17.5 Å². The van der Waals surface area contributed by atoms with Crippen molar-refractivity contribution in [2.45, 2.75) is 58.3 Å². The second-order valence-corrected chi connectivity index (χ2v) is 4.54. The normalized spacial score (nSPS) is 10.6. The van der Waals surface area contributed by atoms with Gasteiger partial charge in [0, 0.05) is 0 Å². The topological polar surface area (TPSA) is 52.3 Å². The lowest BCUT2D eigenvalue weighted by Crippen LogP contribution is -2.03. The van der Waals surface area contributed by atoms with Crippen LogP contribution in [0.1, 0.15) is 67.9 Å². The van der Waals surface area contributed by atoms with Gasteiger partial charge in [-0.25, -0.2) is 4.79 Å². The van der Waals surface area contributed by atoms with E-state index in [-0.39, 0.29) is 5.97 Å². The number of aryl methyl sites for hydroxylation is 1. The number of esters is 1. The van der Waals surface area contributed by atoms with Crippen LogP contribution < -0.4 is 0 Å². The van der Waals surface area contributed by atoms with Gasteiger partial charge in [-0.15, -0.1) is 0 Å². The highest BCUT2D eigenvalue weighted by molar-refractivity contribution is 5.89. The lowest BCUT2D eigenvalue weighted by molar-refractivity contribution is 0.0599. The van der Waals surface area contributed by atoms with Crippen molar-refractivity contribution in [1.29, 1.82) is 0 Å². The van der Waals surface area contributed by atoms with Gasteiger partial charge in [0.2, 0.25) is 0 Å². The van der Waals surface area contributed by atoms with Crippen LogP contribution in [0.4, 0.5) is 0 Å². The summed E-state index contributed by atoms with van der Waals surface area (Å²) in [5.41, 5.74) is 1.18. The number of carbonyl (C=O) groups excluding carboxylic acids is 1. The Bertz CT molecular complexity index is 347. The van der Waals surface area contributed by atoms with Crippen molar-refractivity contribution >= 4 is 5.97 Å². The fourth-order valence-electron chi connectivity index (χ4n) is 1.97. The Labute approximate surface area is 109 Å². The first-order valence-corrected chi connectivity index (χ1v) is 6.81. The average Bonchev–Trinajstić information content (AvgIpc) is 2.85. The second-order valence-electron chi connectivity index (χ2n) is 4.54. The van der Waals surface area contributed by atoms with E-state index in [0.29, 0.717) is 5.56 Å². The summed E-state index contributed by atoms with van der Waals surface area (Å²) < 4.78 is 9.50. The third-order valence-corrected chi connectivity index (χ3v) is 3.07. The van der Waals surface area contributed by atoms with Crippen LogP contribution in [-0.2, 0) is 11.2 Å². The molecule has 0 aliphatic carbocycles. The van der Waals surface area contributed by atoms with E-state index in [0.717, 1.165) is 18.5 Å². The maximum atomic E-state index is 11.4. The maximum absolute atomic E-state index is 11.4. The molecule has 0 aliphatic heterocycles. The van der Waals surface area contributed by atoms with Crippen LogP contribution in [-0.4, -0.2) is 18.2 Å². The van der Waals surface area contributed by atoms with Crippen LogP contribution in [0.5, 0.6) is 0 Å². The van der Waals surface area contributed by atoms with E-state index < -0.39 is 0 Å². The number of hydrogen-bond acceptors (Lipinski definition) is 4. The number of rotatable bonds is 9. The first-order valence-electron chi connectivity index (χ1n) is 6.81. The molecule has 0 bridgehead atoms. The zero-order chi connectivity index (χ0) is 13.2. The Morgan fingerprint density at radius 2 is 1.89 bits per heavy atom. The molecule has 0 atom stereocenters. The highest BCUT2D eigenvalue weighted by Gasteiger charge is 2.15. The molecule has 0 unspecified atom stereocenters. The summed E-state index contributed by atoms with van der Waals surface area (Å²) in [6.45, 7) is 2.22. The minimum Gasteiger partial charge on any atom is -0.465 e. The first kappa shape index (κ1) is 14.7. The molecule has 1 aromatic heterocycles. The standard InChI is InChI=1S/C14H23NO3/c1-3-4-5-6-7-8-9-10-13-12(11-18-15-13)14(16)17-2/h11H,3-10H2,1-2H3. The molecular weight excluding hydrogens is 230 g/mol. The predicted molar refractivity (Wildman–Crippen MR) is 69.5 cm³/mol. The number of methoxy groups -OCH3 is 1. The molecule has 0 aliphatic rings. The molecule has 0 saturated carbocycles. The Morgan fingerprint density at radius 1 is 1.22 bits per heavy atom. The molecule has 0 fully saturated rings. The molecule has 0 N–H and O–H groups in total. The Hall–Kier alpha value is -1.32. The van der Waals surface area contributed by atoms with Crippen LogP contribution >= 0.6 is 0 Å². The van der Waals surface area contributed by atoms with Gasteiger partial charge in [0.05, 0.1) is 12.8 Å². The summed E-state index contributed by atoms with van der Waals surface area (Å²) in [5, 5.41) is 3.86. The number of ether oxygens (including phenoxy) is 1. The maximum Gasteiger partial charge on any atom is 0.343 e. The molecule has 1 aromatic rings. The SMILES string of the molecule is CCCCCCCCCc1nocc1C(=O)OC. The van der Waals surface area contributed by atoms with Gasteiger partial charge in [-0.1, -0.05) is 50.6 Å². The minimum absolute atomic E-state index is 0.366. The molecule has 4 nitrogen and oxygen atoms in total. The van der Waals surface area contributed by atoms with E-state index >= 15 is 0 Å². The van der Waals surface area contributed by atoms with E-state index in [2.05, 4.69) is 16.8 Å². The van der Waals surface area contributed by atoms with Crippen molar-refractivity contribution in [3.63, 3.8) is 0 Å². The summed E-state index contributed by atoms with van der Waals surface area (Å²) >= 11 is 0. The van der Waals surface area contributed by atoms with Gasteiger partial charge < -0.3 is 9.26 Å². The summed E-state index contributed by atoms with van der Waals surface area (Å²) in [6.07, 6.45) is 10.9. The van der Waals surface area contributed by atoms with E-state index in [1.807, 2.05) is 0 Å². The third-order valence-electron chi connectivity index (χ3n) is 3.07. The molecule has 1 rings (SSSR count). The molecule has 102 valence electrons. The molecule has 18 heavy (non-hydrogen) atoms. The molecule has 0 spiro atoms. The van der Waals surface area contributed by atoms with Crippen LogP contribution in [0.25, 0.3) is 0 Å². The summed E-state index contributed by atoms with van der Waals surface area (Å²) in [6, 6.07) is 0. The third kappa shape index (κ3) is 4.90. The van der Waals surface area contributed by atoms with Gasteiger partial charge >= 0.3 is 5.97 Å². The lowest BCUT2D eigenvalue weighted by Gasteiger charge is -2.01. The second kappa shape index (κ2) is 8.72. The van der Waals surface area contributed by atoms with Crippen molar-refractivity contribution in [2.24, 2.45) is 0 Å². The van der Waals surface area contributed by atoms with Crippen LogP contribution in [0.3, 0.4) is 0 Å². The smallest absolute Gasteiger partial charge is 0.343 e. The molecule has 1 heterocycles. The van der Waals surface area contributed by atoms with E-state index in [1.165, 1.54) is 51.9 Å². The number of nitrogens with zero attached hydrogens (tertiary/aromatic N) is 1. The van der Waals surface area contributed by atoms with E-state index in [4.69, 9.17) is 4.52 Å². The predicted octanol–water partition coefficient (Wildman–Crippen LogP) is 3.75. The first-order chi connectivity index (χ1) is 8.79. The van der Waals surface area contributed by atoms with Gasteiger partial charge in [0.25, 0.3) is 0 Å². The van der Waals surface area contributed by atoms with E-state index in [1.54, 1.807) is 0 Å². The average molecular weight is 253 g/mol. The van der Waals surface area contributed by atoms with Crippen LogP contribution in [0.15, 0.2) is 10.8 Å². The highest BCUT2D eigenvalue weighted by atomic mass is 16.5. The van der Waals surface area contributed by atoms with Crippen LogP contribution in [0.2, 0.25) is 0 Å². The van der Waals surface area contributed by atoms with Crippen molar-refractivity contribution in [3.8, 4) is 0 Å². The van der Waals surface area contributed by atoms with Gasteiger partial charge in [-0.05, 0) is 12.8 Å². The quantitative estimate of drug-likeness (QED) is 0.496. The highest BCUT2D eigenvalue weighted by Crippen LogP contribution is 2.13. The molecule has 0 amide bonds. The molecule has 0 saturated heterocycles. The largest absolute Gasteiger partial charge is 0.465 e. The lowest BCUT2D eigenvalue weighted by atomic mass is 10.1. The minimum atomic E-state index is -0.366.